The molecule has 160 valence electrons. The molecule has 0 unspecified atom stereocenters. The van der Waals surface area contributed by atoms with Crippen LogP contribution in [0.15, 0.2) is 58.4 Å². The Kier molecular flexibility index (Phi) is 5.99. The van der Waals surface area contributed by atoms with Crippen molar-refractivity contribution in [2.75, 3.05) is 6.54 Å². The molecule has 0 spiro atoms. The molecule has 3 aromatic rings. The van der Waals surface area contributed by atoms with Crippen LogP contribution in [0.5, 0.6) is 0 Å². The van der Waals surface area contributed by atoms with Crippen molar-refractivity contribution in [3.8, 4) is 5.69 Å². The van der Waals surface area contributed by atoms with Crippen LogP contribution in [-0.4, -0.2) is 32.2 Å². The lowest BCUT2D eigenvalue weighted by molar-refractivity contribution is 0.0936. The maximum atomic E-state index is 13.0. The standard InChI is InChI=1S/C22H22ClN5O3/c23-19-17(11-16(12-24-19)28-21(31)27-18(29)13-26-28)20(30)25-14-22(9-5-2-6-10-22)15-7-3-1-4-8-15/h1,3-4,7-8,11-13H,2,5-6,9-10,14H2,(H,25,30)(H,27,29,31). The summed E-state index contributed by atoms with van der Waals surface area (Å²) in [5.41, 5.74) is 0.124. The van der Waals surface area contributed by atoms with Gasteiger partial charge in [0.2, 0.25) is 0 Å². The van der Waals surface area contributed by atoms with Crippen LogP contribution in [0.3, 0.4) is 0 Å². The van der Waals surface area contributed by atoms with Crippen LogP contribution in [-0.2, 0) is 5.41 Å². The van der Waals surface area contributed by atoms with Crippen LogP contribution in [0, 0.1) is 0 Å². The summed E-state index contributed by atoms with van der Waals surface area (Å²) < 4.78 is 0.952. The average molecular weight is 440 g/mol. The summed E-state index contributed by atoms with van der Waals surface area (Å²) in [6.45, 7) is 0.479. The average Bonchev–Trinajstić information content (AvgIpc) is 2.79. The van der Waals surface area contributed by atoms with E-state index in [9.17, 15) is 14.4 Å². The van der Waals surface area contributed by atoms with E-state index in [-0.39, 0.29) is 27.7 Å². The molecule has 0 aliphatic heterocycles. The summed E-state index contributed by atoms with van der Waals surface area (Å²) in [6, 6.07) is 11.7. The molecule has 0 atom stereocenters. The van der Waals surface area contributed by atoms with Crippen LogP contribution in [0.2, 0.25) is 5.15 Å². The van der Waals surface area contributed by atoms with Crippen molar-refractivity contribution < 1.29 is 4.79 Å². The summed E-state index contributed by atoms with van der Waals surface area (Å²) in [5, 5.41) is 6.84. The number of hydrogen-bond acceptors (Lipinski definition) is 5. The van der Waals surface area contributed by atoms with E-state index in [2.05, 4.69) is 32.5 Å². The van der Waals surface area contributed by atoms with E-state index >= 15 is 0 Å². The van der Waals surface area contributed by atoms with Crippen LogP contribution >= 0.6 is 11.6 Å². The number of aromatic nitrogens is 4. The molecular formula is C22H22ClN5O3. The predicted octanol–water partition coefficient (Wildman–Crippen LogP) is 2.60. The van der Waals surface area contributed by atoms with Gasteiger partial charge in [0, 0.05) is 12.0 Å². The Labute approximate surface area is 183 Å². The lowest BCUT2D eigenvalue weighted by atomic mass is 9.69. The number of nitrogens with one attached hydrogen (secondary N) is 2. The van der Waals surface area contributed by atoms with Crippen molar-refractivity contribution in [3.63, 3.8) is 0 Å². The number of aromatic amines is 1. The zero-order valence-corrected chi connectivity index (χ0v) is 17.6. The van der Waals surface area contributed by atoms with E-state index in [4.69, 9.17) is 11.6 Å². The molecular weight excluding hydrogens is 418 g/mol. The highest BCUT2D eigenvalue weighted by Gasteiger charge is 2.34. The quantitative estimate of drug-likeness (QED) is 0.594. The highest BCUT2D eigenvalue weighted by atomic mass is 35.5. The highest BCUT2D eigenvalue weighted by molar-refractivity contribution is 6.32. The summed E-state index contributed by atoms with van der Waals surface area (Å²) in [4.78, 5) is 42.4. The lowest BCUT2D eigenvalue weighted by Crippen LogP contribution is -2.42. The van der Waals surface area contributed by atoms with Gasteiger partial charge in [-0.25, -0.2) is 9.78 Å². The van der Waals surface area contributed by atoms with Crippen molar-refractivity contribution in [1.29, 1.82) is 0 Å². The largest absolute Gasteiger partial charge is 0.351 e. The Balaban J connectivity index is 1.59. The number of amides is 1. The molecule has 1 aromatic carbocycles. The minimum absolute atomic E-state index is 0.0242. The van der Waals surface area contributed by atoms with Gasteiger partial charge in [-0.1, -0.05) is 61.2 Å². The number of pyridine rings is 1. The van der Waals surface area contributed by atoms with Crippen molar-refractivity contribution >= 4 is 17.5 Å². The smallest absolute Gasteiger partial charge is 0.349 e. The van der Waals surface area contributed by atoms with Gasteiger partial charge in [-0.2, -0.15) is 9.78 Å². The molecule has 0 saturated heterocycles. The number of benzene rings is 1. The molecule has 1 fully saturated rings. The minimum atomic E-state index is -0.729. The van der Waals surface area contributed by atoms with Crippen molar-refractivity contribution in [1.82, 2.24) is 25.1 Å². The van der Waals surface area contributed by atoms with Crippen molar-refractivity contribution in [3.05, 3.63) is 85.9 Å². The molecule has 1 aliphatic carbocycles. The molecule has 1 saturated carbocycles. The SMILES string of the molecule is O=C(NCC1(c2ccccc2)CCCCC1)c1cc(-n2ncc(=O)[nH]c2=O)cnc1Cl. The first kappa shape index (κ1) is 21.0. The fraction of sp³-hybridized carbons (Fsp3) is 0.318. The third kappa shape index (κ3) is 4.44. The first-order valence-electron chi connectivity index (χ1n) is 10.2. The molecule has 2 N–H and O–H groups in total. The van der Waals surface area contributed by atoms with Crippen LogP contribution in [0.4, 0.5) is 0 Å². The number of H-pyrrole nitrogens is 1. The number of hydrogen-bond donors (Lipinski definition) is 2. The van der Waals surface area contributed by atoms with E-state index in [1.807, 2.05) is 18.2 Å². The van der Waals surface area contributed by atoms with Crippen LogP contribution in [0.1, 0.15) is 48.0 Å². The molecule has 9 heteroatoms. The summed E-state index contributed by atoms with van der Waals surface area (Å²) in [7, 11) is 0. The second-order valence-electron chi connectivity index (χ2n) is 7.77. The number of carbonyl (C=O) groups excluding carboxylic acids is 1. The van der Waals surface area contributed by atoms with Gasteiger partial charge in [0.25, 0.3) is 11.5 Å². The Morgan fingerprint density at radius 3 is 2.58 bits per heavy atom. The number of rotatable bonds is 5. The van der Waals surface area contributed by atoms with Gasteiger partial charge in [-0.15, -0.1) is 0 Å². The third-order valence-corrected chi connectivity index (χ3v) is 6.11. The zero-order valence-electron chi connectivity index (χ0n) is 16.8. The van der Waals surface area contributed by atoms with Gasteiger partial charge in [0.15, 0.2) is 0 Å². The number of halogens is 1. The fourth-order valence-corrected chi connectivity index (χ4v) is 4.37. The molecule has 2 aromatic heterocycles. The minimum Gasteiger partial charge on any atom is -0.351 e. The molecule has 2 heterocycles. The molecule has 31 heavy (non-hydrogen) atoms. The van der Waals surface area contributed by atoms with Gasteiger partial charge in [0.1, 0.15) is 11.3 Å². The summed E-state index contributed by atoms with van der Waals surface area (Å²) in [5.74, 6) is -0.377. The molecule has 8 nitrogen and oxygen atoms in total. The molecule has 0 radical (unpaired) electrons. The van der Waals surface area contributed by atoms with E-state index in [1.165, 1.54) is 24.2 Å². The summed E-state index contributed by atoms with van der Waals surface area (Å²) >= 11 is 6.18. The molecule has 0 bridgehead atoms. The van der Waals surface area contributed by atoms with Gasteiger partial charge in [-0.3, -0.25) is 14.6 Å². The second-order valence-corrected chi connectivity index (χ2v) is 8.13. The monoisotopic (exact) mass is 439 g/mol. The van der Waals surface area contributed by atoms with Gasteiger partial charge in [-0.05, 0) is 24.5 Å². The van der Waals surface area contributed by atoms with E-state index < -0.39 is 11.2 Å². The van der Waals surface area contributed by atoms with Gasteiger partial charge < -0.3 is 5.32 Å². The van der Waals surface area contributed by atoms with Crippen LogP contribution in [0.25, 0.3) is 5.69 Å². The van der Waals surface area contributed by atoms with Gasteiger partial charge in [0.05, 0.1) is 17.4 Å². The zero-order chi connectivity index (χ0) is 21.8. The van der Waals surface area contributed by atoms with E-state index in [0.29, 0.717) is 6.54 Å². The van der Waals surface area contributed by atoms with Gasteiger partial charge >= 0.3 is 5.69 Å². The Hall–Kier alpha value is -3.26. The Morgan fingerprint density at radius 2 is 1.87 bits per heavy atom. The van der Waals surface area contributed by atoms with Crippen LogP contribution < -0.4 is 16.6 Å². The first-order chi connectivity index (χ1) is 15.0. The lowest BCUT2D eigenvalue weighted by Gasteiger charge is -2.38. The Morgan fingerprint density at radius 1 is 1.13 bits per heavy atom. The maximum Gasteiger partial charge on any atom is 0.349 e. The number of nitrogens with zero attached hydrogens (tertiary/aromatic N) is 3. The highest BCUT2D eigenvalue weighted by Crippen LogP contribution is 2.39. The Bertz CT molecular complexity index is 1200. The maximum absolute atomic E-state index is 13.0. The second kappa shape index (κ2) is 8.85. The third-order valence-electron chi connectivity index (χ3n) is 5.81. The summed E-state index contributed by atoms with van der Waals surface area (Å²) in [6.07, 6.45) is 7.72. The molecule has 1 aliphatic rings. The normalized spacial score (nSPS) is 15.4. The van der Waals surface area contributed by atoms with E-state index in [1.54, 1.807) is 0 Å². The topological polar surface area (TPSA) is 110 Å². The first-order valence-corrected chi connectivity index (χ1v) is 10.5. The molecule has 4 rings (SSSR count). The van der Waals surface area contributed by atoms with E-state index in [0.717, 1.165) is 36.6 Å². The van der Waals surface area contributed by atoms with Crippen molar-refractivity contribution in [2.45, 2.75) is 37.5 Å². The predicted molar refractivity (Wildman–Crippen MR) is 117 cm³/mol. The fourth-order valence-electron chi connectivity index (χ4n) is 4.18. The number of carbonyl (C=O) groups is 1. The molecule has 1 amide bonds. The van der Waals surface area contributed by atoms with Crippen molar-refractivity contribution in [2.24, 2.45) is 0 Å².